The molecule has 1 aliphatic heterocycles. The Labute approximate surface area is 173 Å². The quantitative estimate of drug-likeness (QED) is 0.386. The lowest BCUT2D eigenvalue weighted by Gasteiger charge is -2.33. The molecule has 0 unspecified atom stereocenters. The van der Waals surface area contributed by atoms with E-state index >= 15 is 0 Å². The fraction of sp³-hybridized carbons (Fsp3) is 0.611. The number of nitrogens with zero attached hydrogens (tertiary/aromatic N) is 4. The second-order valence-electron chi connectivity index (χ2n) is 6.58. The van der Waals surface area contributed by atoms with Crippen LogP contribution < -0.4 is 15.5 Å². The Morgan fingerprint density at radius 1 is 1.35 bits per heavy atom. The minimum Gasteiger partial charge on any atom is -0.357 e. The van der Waals surface area contributed by atoms with Crippen LogP contribution in [0, 0.1) is 6.92 Å². The number of aliphatic imine (C=N–C) groups is 1. The maximum absolute atomic E-state index is 11.7. The van der Waals surface area contributed by atoms with Crippen LogP contribution in [-0.4, -0.2) is 68.1 Å². The number of halogens is 1. The van der Waals surface area contributed by atoms with Gasteiger partial charge >= 0.3 is 0 Å². The van der Waals surface area contributed by atoms with Crippen molar-refractivity contribution in [2.24, 2.45) is 4.99 Å². The number of hydrogen-bond donors (Lipinski definition) is 2. The fourth-order valence-electron chi connectivity index (χ4n) is 2.70. The van der Waals surface area contributed by atoms with Gasteiger partial charge in [-0.25, -0.2) is 9.98 Å². The Hall–Kier alpha value is -1.58. The van der Waals surface area contributed by atoms with Crippen molar-refractivity contribution >= 4 is 41.7 Å². The molecule has 2 rings (SSSR count). The summed E-state index contributed by atoms with van der Waals surface area (Å²) < 4.78 is 0. The first-order valence-corrected chi connectivity index (χ1v) is 8.92. The predicted octanol–water partition coefficient (Wildman–Crippen LogP) is 1.62. The van der Waals surface area contributed by atoms with Gasteiger partial charge in [0.1, 0.15) is 12.4 Å². The van der Waals surface area contributed by atoms with Gasteiger partial charge in [-0.2, -0.15) is 0 Å². The largest absolute Gasteiger partial charge is 0.357 e. The zero-order valence-corrected chi connectivity index (χ0v) is 18.5. The molecular weight excluding hydrogens is 443 g/mol. The highest BCUT2D eigenvalue weighted by Crippen LogP contribution is 2.17. The second-order valence-corrected chi connectivity index (χ2v) is 6.58. The van der Waals surface area contributed by atoms with Crippen LogP contribution in [-0.2, 0) is 4.79 Å². The van der Waals surface area contributed by atoms with Gasteiger partial charge in [-0.1, -0.05) is 6.07 Å². The molecule has 1 aromatic rings. The Morgan fingerprint density at radius 3 is 2.58 bits per heavy atom. The third kappa shape index (κ3) is 6.97. The minimum absolute atomic E-state index is 0. The van der Waals surface area contributed by atoms with E-state index in [1.165, 1.54) is 5.56 Å². The maximum atomic E-state index is 11.7. The van der Waals surface area contributed by atoms with Gasteiger partial charge < -0.3 is 20.4 Å². The van der Waals surface area contributed by atoms with Crippen LogP contribution in [0.2, 0.25) is 0 Å². The molecular formula is C18H31IN6O. The standard InChI is InChI=1S/C18H30N6O.HI/c1-5-19-18(21-13-17(25)23(3)4)22-15-8-10-24(11-9-15)16-7-6-14(2)12-20-16;/h6-7,12,15H,5,8-11,13H2,1-4H3,(H2,19,21,22);1H. The van der Waals surface area contributed by atoms with Crippen LogP contribution >= 0.6 is 24.0 Å². The molecule has 7 nitrogen and oxygen atoms in total. The van der Waals surface area contributed by atoms with Gasteiger partial charge in [0.15, 0.2) is 5.96 Å². The van der Waals surface area contributed by atoms with E-state index in [0.717, 1.165) is 38.3 Å². The molecule has 0 saturated carbocycles. The van der Waals surface area contributed by atoms with Gasteiger partial charge in [0.2, 0.25) is 5.91 Å². The van der Waals surface area contributed by atoms with Gasteiger partial charge in [-0.15, -0.1) is 24.0 Å². The van der Waals surface area contributed by atoms with E-state index in [0.29, 0.717) is 12.0 Å². The molecule has 146 valence electrons. The van der Waals surface area contributed by atoms with Crippen LogP contribution in [0.25, 0.3) is 0 Å². The number of rotatable bonds is 5. The first-order chi connectivity index (χ1) is 12.0. The SMILES string of the molecule is CCNC(=NCC(=O)N(C)C)NC1CCN(c2ccc(C)cn2)CC1.I. The Bertz CT molecular complexity index is 582. The highest BCUT2D eigenvalue weighted by molar-refractivity contribution is 14.0. The molecule has 0 radical (unpaired) electrons. The number of aryl methyl sites for hydroxylation is 1. The Morgan fingerprint density at radius 2 is 2.04 bits per heavy atom. The molecule has 2 heterocycles. The van der Waals surface area contributed by atoms with Crippen molar-refractivity contribution in [3.8, 4) is 0 Å². The first-order valence-electron chi connectivity index (χ1n) is 8.92. The number of carbonyl (C=O) groups is 1. The number of carbonyl (C=O) groups excluding carboxylic acids is 1. The summed E-state index contributed by atoms with van der Waals surface area (Å²) in [4.78, 5) is 24.5. The topological polar surface area (TPSA) is 72.9 Å². The van der Waals surface area contributed by atoms with Gasteiger partial charge in [-0.05, 0) is 38.3 Å². The van der Waals surface area contributed by atoms with E-state index in [4.69, 9.17) is 0 Å². The lowest BCUT2D eigenvalue weighted by molar-refractivity contribution is -0.127. The second kappa shape index (κ2) is 11.2. The molecule has 0 spiro atoms. The number of nitrogens with one attached hydrogen (secondary N) is 2. The number of guanidine groups is 1. The van der Waals surface area contributed by atoms with E-state index in [9.17, 15) is 4.79 Å². The molecule has 1 aliphatic rings. The number of amides is 1. The van der Waals surface area contributed by atoms with Crippen molar-refractivity contribution < 1.29 is 4.79 Å². The molecule has 0 bridgehead atoms. The molecule has 1 aromatic heterocycles. The van der Waals surface area contributed by atoms with E-state index < -0.39 is 0 Å². The van der Waals surface area contributed by atoms with Gasteiger partial charge in [0.25, 0.3) is 0 Å². The van der Waals surface area contributed by atoms with E-state index in [1.54, 1.807) is 19.0 Å². The van der Waals surface area contributed by atoms with Gasteiger partial charge in [-0.3, -0.25) is 4.79 Å². The highest BCUT2D eigenvalue weighted by Gasteiger charge is 2.21. The summed E-state index contributed by atoms with van der Waals surface area (Å²) in [6.45, 7) is 6.93. The van der Waals surface area contributed by atoms with E-state index in [-0.39, 0.29) is 36.4 Å². The number of piperidine rings is 1. The normalized spacial score (nSPS) is 15.2. The number of aromatic nitrogens is 1. The smallest absolute Gasteiger partial charge is 0.243 e. The molecule has 0 atom stereocenters. The van der Waals surface area contributed by atoms with Gasteiger partial charge in [0, 0.05) is 46.0 Å². The lowest BCUT2D eigenvalue weighted by Crippen LogP contribution is -2.49. The summed E-state index contributed by atoms with van der Waals surface area (Å²) >= 11 is 0. The summed E-state index contributed by atoms with van der Waals surface area (Å²) in [5, 5.41) is 6.67. The fourth-order valence-corrected chi connectivity index (χ4v) is 2.70. The predicted molar refractivity (Wildman–Crippen MR) is 117 cm³/mol. The summed E-state index contributed by atoms with van der Waals surface area (Å²) in [5.41, 5.74) is 1.18. The zero-order chi connectivity index (χ0) is 18.2. The summed E-state index contributed by atoms with van der Waals surface area (Å²) in [6.07, 6.45) is 3.94. The number of anilines is 1. The Kier molecular flexibility index (Phi) is 9.68. The average Bonchev–Trinajstić information content (AvgIpc) is 2.61. The minimum atomic E-state index is -0.00234. The monoisotopic (exact) mass is 474 g/mol. The van der Waals surface area contributed by atoms with E-state index in [1.807, 2.05) is 13.1 Å². The van der Waals surface area contributed by atoms with Crippen molar-refractivity contribution in [2.75, 3.05) is 45.2 Å². The molecule has 1 amide bonds. The zero-order valence-electron chi connectivity index (χ0n) is 16.2. The van der Waals surface area contributed by atoms with Crippen molar-refractivity contribution in [3.63, 3.8) is 0 Å². The Balaban J connectivity index is 0.00000338. The number of hydrogen-bond acceptors (Lipinski definition) is 4. The summed E-state index contributed by atoms with van der Waals surface area (Å²) in [7, 11) is 3.49. The molecule has 1 fully saturated rings. The van der Waals surface area contributed by atoms with E-state index in [2.05, 4.69) is 44.6 Å². The van der Waals surface area contributed by atoms with Crippen LogP contribution in [0.15, 0.2) is 23.3 Å². The number of pyridine rings is 1. The molecule has 1 saturated heterocycles. The van der Waals surface area contributed by atoms with Crippen LogP contribution in [0.5, 0.6) is 0 Å². The number of likely N-dealkylation sites (N-methyl/N-ethyl adjacent to an activating group) is 1. The van der Waals surface area contributed by atoms with Crippen molar-refractivity contribution in [1.29, 1.82) is 0 Å². The molecule has 0 aliphatic carbocycles. The molecule has 26 heavy (non-hydrogen) atoms. The van der Waals surface area contributed by atoms with Crippen molar-refractivity contribution in [3.05, 3.63) is 23.9 Å². The summed E-state index contributed by atoms with van der Waals surface area (Å²) in [6, 6.07) is 4.54. The first kappa shape index (κ1) is 22.5. The molecule has 8 heteroatoms. The molecule has 0 aromatic carbocycles. The molecule has 2 N–H and O–H groups in total. The lowest BCUT2D eigenvalue weighted by atomic mass is 10.1. The highest BCUT2D eigenvalue weighted by atomic mass is 127. The van der Waals surface area contributed by atoms with Gasteiger partial charge in [0.05, 0.1) is 0 Å². The van der Waals surface area contributed by atoms with Crippen LogP contribution in [0.1, 0.15) is 25.3 Å². The van der Waals surface area contributed by atoms with Crippen molar-refractivity contribution in [1.82, 2.24) is 20.5 Å². The maximum Gasteiger partial charge on any atom is 0.243 e. The van der Waals surface area contributed by atoms with Crippen LogP contribution in [0.4, 0.5) is 5.82 Å². The average molecular weight is 474 g/mol. The third-order valence-corrected chi connectivity index (χ3v) is 4.27. The summed E-state index contributed by atoms with van der Waals surface area (Å²) in [5.74, 6) is 1.75. The van der Waals surface area contributed by atoms with Crippen LogP contribution in [0.3, 0.4) is 0 Å². The van der Waals surface area contributed by atoms with Crippen molar-refractivity contribution in [2.45, 2.75) is 32.7 Å². The third-order valence-electron chi connectivity index (χ3n) is 4.27.